The number of aliphatic hydroxyl groups is 4. The lowest BCUT2D eigenvalue weighted by Gasteiger charge is -2.49. The van der Waals surface area contributed by atoms with E-state index in [-0.39, 0.29) is 49.7 Å². The fraction of sp³-hybridized carbons (Fsp3) is 0.907. The molecule has 0 aromatic carbocycles. The van der Waals surface area contributed by atoms with Gasteiger partial charge in [0.1, 0.15) is 23.6 Å². The predicted molar refractivity (Wildman–Crippen MR) is 227 cm³/mol. The van der Waals surface area contributed by atoms with Crippen molar-refractivity contribution in [2.24, 2.45) is 23.7 Å². The zero-order chi connectivity index (χ0) is 45.7. The average molecular weight is 894 g/mol. The van der Waals surface area contributed by atoms with Gasteiger partial charge >= 0.3 is 17.9 Å². The first-order chi connectivity index (χ1) is 27.8. The molecule has 0 amide bonds. The molecule has 3 saturated heterocycles. The van der Waals surface area contributed by atoms with Gasteiger partial charge in [0, 0.05) is 31.3 Å². The van der Waals surface area contributed by atoms with E-state index in [2.05, 4.69) is 0 Å². The highest BCUT2D eigenvalue weighted by Crippen LogP contribution is 2.41. The van der Waals surface area contributed by atoms with Crippen LogP contribution in [0.15, 0.2) is 0 Å². The number of likely N-dealkylation sites (N-methyl/N-ethyl adjacent to an activating group) is 1. The van der Waals surface area contributed by atoms with Crippen LogP contribution in [0.4, 0.5) is 0 Å². The monoisotopic (exact) mass is 894 g/mol. The Bertz CT molecular complexity index is 1450. The Kier molecular flexibility index (Phi) is 20.5. The Hall–Kier alpha value is -2.10. The molecule has 0 saturated carbocycles. The van der Waals surface area contributed by atoms with Gasteiger partial charge in [0.2, 0.25) is 0 Å². The predicted octanol–water partition coefficient (Wildman–Crippen LogP) is 1.23. The molecule has 3 aliphatic heterocycles. The molecule has 0 radical (unpaired) electrons. The molecular formula is C43H79NO16Si. The normalized spacial score (nSPS) is 43.1. The molecule has 0 unspecified atom stereocenters. The number of ketones is 1. The van der Waals surface area contributed by atoms with Crippen molar-refractivity contribution in [3.05, 3.63) is 0 Å². The van der Waals surface area contributed by atoms with Crippen molar-refractivity contribution < 1.29 is 77.5 Å². The van der Waals surface area contributed by atoms with E-state index < -0.39 is 132 Å². The van der Waals surface area contributed by atoms with Gasteiger partial charge in [-0.05, 0) is 92.8 Å². The van der Waals surface area contributed by atoms with Crippen LogP contribution < -0.4 is 0 Å². The lowest BCUT2D eigenvalue weighted by molar-refractivity contribution is -0.319. The lowest BCUT2D eigenvalue weighted by Crippen LogP contribution is -2.61. The number of ether oxygens (including phenoxy) is 8. The fourth-order valence-corrected chi connectivity index (χ4v) is 9.17. The van der Waals surface area contributed by atoms with Gasteiger partial charge in [0.25, 0.3) is 0 Å². The molecule has 61 heavy (non-hydrogen) atoms. The van der Waals surface area contributed by atoms with Crippen molar-refractivity contribution in [3.8, 4) is 0 Å². The van der Waals surface area contributed by atoms with Gasteiger partial charge in [-0.1, -0.05) is 27.7 Å². The molecule has 0 aliphatic carbocycles. The van der Waals surface area contributed by atoms with E-state index in [9.17, 15) is 39.6 Å². The summed E-state index contributed by atoms with van der Waals surface area (Å²) in [6.07, 6.45) is -11.1. The molecule has 18 atom stereocenters. The highest BCUT2D eigenvalue weighted by molar-refractivity contribution is 5.83. The van der Waals surface area contributed by atoms with Crippen molar-refractivity contribution >= 4 is 34.7 Å². The van der Waals surface area contributed by atoms with Crippen LogP contribution in [-0.2, 0) is 57.1 Å². The zero-order valence-corrected chi connectivity index (χ0v) is 38.2. The van der Waals surface area contributed by atoms with Crippen LogP contribution >= 0.6 is 0 Å². The number of rotatable bonds is 12. The number of hydrogen-bond acceptors (Lipinski definition) is 17. The molecule has 3 fully saturated rings. The first-order valence-electron chi connectivity index (χ1n) is 21.5. The van der Waals surface area contributed by atoms with Crippen molar-refractivity contribution in [2.45, 2.75) is 199 Å². The van der Waals surface area contributed by atoms with Gasteiger partial charge < -0.3 is 63.2 Å². The largest absolute Gasteiger partial charge is 0.466 e. The maximum atomic E-state index is 14.3. The zero-order valence-electron chi connectivity index (χ0n) is 38.2. The molecule has 3 rings (SSSR count). The molecular weight excluding hydrogens is 815 g/mol. The summed E-state index contributed by atoms with van der Waals surface area (Å²) in [6, 6.07) is -0.443. The summed E-state index contributed by atoms with van der Waals surface area (Å²) in [5.74, 6) is -6.64. The molecule has 17 nitrogen and oxygen atoms in total. The van der Waals surface area contributed by atoms with Crippen LogP contribution in [0.5, 0.6) is 0 Å². The summed E-state index contributed by atoms with van der Waals surface area (Å²) in [5, 5.41) is 46.8. The Morgan fingerprint density at radius 1 is 0.852 bits per heavy atom. The molecule has 3 aliphatic rings. The molecule has 0 aromatic heterocycles. The smallest absolute Gasteiger partial charge is 0.311 e. The van der Waals surface area contributed by atoms with Gasteiger partial charge in [-0.2, -0.15) is 0 Å². The minimum Gasteiger partial charge on any atom is -0.466 e. The summed E-state index contributed by atoms with van der Waals surface area (Å²) in [4.78, 5) is 55.6. The summed E-state index contributed by atoms with van der Waals surface area (Å²) in [6.45, 7) is 17.9. The van der Waals surface area contributed by atoms with Crippen LogP contribution in [0.25, 0.3) is 0 Å². The van der Waals surface area contributed by atoms with E-state index in [0.29, 0.717) is 6.42 Å². The van der Waals surface area contributed by atoms with Crippen molar-refractivity contribution in [2.75, 3.05) is 27.8 Å². The summed E-state index contributed by atoms with van der Waals surface area (Å²) >= 11 is 0. The molecule has 18 heteroatoms. The highest BCUT2D eigenvalue weighted by atomic mass is 28.1. The van der Waals surface area contributed by atoms with Gasteiger partial charge in [0.05, 0.1) is 73.1 Å². The summed E-state index contributed by atoms with van der Waals surface area (Å²) in [7, 11) is 5.09. The topological polar surface area (TPSA) is 226 Å². The van der Waals surface area contributed by atoms with Gasteiger partial charge in [-0.15, -0.1) is 0 Å². The molecule has 356 valence electrons. The first-order valence-corrected chi connectivity index (χ1v) is 21.5. The van der Waals surface area contributed by atoms with Crippen molar-refractivity contribution in [3.63, 3.8) is 0 Å². The van der Waals surface area contributed by atoms with E-state index >= 15 is 0 Å². The van der Waals surface area contributed by atoms with Crippen LogP contribution in [-0.4, -0.2) is 172 Å². The number of cyclic esters (lactones) is 1. The number of carbonyl (C=O) groups excluding carboxylic acids is 4. The van der Waals surface area contributed by atoms with Crippen molar-refractivity contribution in [1.82, 2.24) is 4.90 Å². The lowest BCUT2D eigenvalue weighted by atomic mass is 9.74. The maximum absolute atomic E-state index is 14.3. The van der Waals surface area contributed by atoms with Crippen LogP contribution in [0.1, 0.15) is 115 Å². The summed E-state index contributed by atoms with van der Waals surface area (Å²) < 4.78 is 48.8. The number of nitrogens with zero attached hydrogens (tertiary/aromatic N) is 1. The van der Waals surface area contributed by atoms with E-state index in [1.54, 1.807) is 48.5 Å². The number of carbonyl (C=O) groups is 4. The summed E-state index contributed by atoms with van der Waals surface area (Å²) in [5.41, 5.74) is -5.06. The van der Waals surface area contributed by atoms with Crippen LogP contribution in [0.2, 0.25) is 0 Å². The third-order valence-corrected chi connectivity index (χ3v) is 12.9. The Morgan fingerprint density at radius 3 is 2.02 bits per heavy atom. The van der Waals surface area contributed by atoms with Gasteiger partial charge in [0.15, 0.2) is 18.7 Å². The number of aliphatic hydroxyl groups excluding tert-OH is 2. The Balaban J connectivity index is 0.0000128. The molecule has 0 bridgehead atoms. The van der Waals surface area contributed by atoms with Crippen LogP contribution in [0, 0.1) is 23.7 Å². The van der Waals surface area contributed by atoms with Gasteiger partial charge in [-0.3, -0.25) is 19.2 Å². The number of methoxy groups -OCH3 is 1. The molecule has 0 aromatic rings. The maximum Gasteiger partial charge on any atom is 0.311 e. The quantitative estimate of drug-likeness (QED) is 0.123. The number of hydrogen-bond donors (Lipinski definition) is 4. The third-order valence-electron chi connectivity index (χ3n) is 12.9. The fourth-order valence-electron chi connectivity index (χ4n) is 9.17. The van der Waals surface area contributed by atoms with E-state index in [4.69, 9.17) is 37.9 Å². The van der Waals surface area contributed by atoms with Crippen LogP contribution in [0.3, 0.4) is 0 Å². The minimum absolute atomic E-state index is 0. The Labute approximate surface area is 366 Å². The van der Waals surface area contributed by atoms with E-state index in [1.807, 2.05) is 25.9 Å². The second kappa shape index (κ2) is 22.7. The van der Waals surface area contributed by atoms with E-state index in [0.717, 1.165) is 0 Å². The SMILES string of the molecule is CCOC(=O)CCC(=O)O[C@H]1[C@H](O[C@@H]2[C@@H](C)[C@H](O[C@H]3C[C@@](C)(OC)[C@@H](O)[C@H](C)O3)[C@@H](C)C(=O)O[C@H](CC)[C@@](C)(O)[C@H](O)[C@@H](C)C(=O)[C@H](C)C[C@@]2(C)O)O[C@H](C)C[C@@H]1N(C)C.[SiH4]. The number of Topliss-reactive ketones (excluding diaryl/α,β-unsaturated/α-hetero) is 1. The minimum atomic E-state index is -2.04. The van der Waals surface area contributed by atoms with Crippen molar-refractivity contribution in [1.29, 1.82) is 0 Å². The second-order valence-corrected chi connectivity index (χ2v) is 18.2. The number of esters is 3. The first kappa shape index (κ1) is 55.0. The Morgan fingerprint density at radius 2 is 1.46 bits per heavy atom. The molecule has 3 heterocycles. The van der Waals surface area contributed by atoms with Gasteiger partial charge in [-0.25, -0.2) is 0 Å². The van der Waals surface area contributed by atoms with E-state index in [1.165, 1.54) is 27.9 Å². The standard InChI is InChI=1S/C43H75NO16.H4Si/c1-15-29-43(11,52)36(48)24(5)33(47)22(3)20-41(9,51)38(25(6)34(26(7)39(50)57-29)59-32-21-42(10,53-14)37(49)27(8)56-32)60-40-35(28(44(12)13)19-23(4)55-40)58-31(46)18-17-30(45)54-16-2;/h22-29,32,34-38,40,48-49,51-52H,15-21H2,1-14H3;1H4/t22-,23-,24+,25+,26-,27+,28+,29-,32+,34+,35-,36-,37+,38-,40+,41-,42-,43-;/m1./s1. The highest BCUT2D eigenvalue weighted by Gasteiger charge is 2.54. The average Bonchev–Trinajstić information content (AvgIpc) is 3.17. The molecule has 0 spiro atoms. The third kappa shape index (κ3) is 13.2. The molecule has 4 N–H and O–H groups in total. The second-order valence-electron chi connectivity index (χ2n) is 18.2.